The maximum atomic E-state index is 10.5. The molecule has 0 aliphatic rings. The first-order valence-electron chi connectivity index (χ1n) is 4.68. The minimum absolute atomic E-state index is 0.192. The van der Waals surface area contributed by atoms with Crippen LogP contribution in [0.2, 0.25) is 0 Å². The van der Waals surface area contributed by atoms with E-state index in [9.17, 15) is 10.1 Å². The van der Waals surface area contributed by atoms with Crippen molar-refractivity contribution in [1.82, 2.24) is 4.98 Å². The van der Waals surface area contributed by atoms with Gasteiger partial charge in [0, 0.05) is 12.6 Å². The molecule has 0 aromatic carbocycles. The van der Waals surface area contributed by atoms with Crippen LogP contribution < -0.4 is 11.1 Å². The molecule has 1 aromatic rings. The molecule has 0 aliphatic carbocycles. The fraction of sp³-hybridized carbons (Fsp3) is 0.333. The van der Waals surface area contributed by atoms with Crippen molar-refractivity contribution in [2.75, 3.05) is 18.4 Å². The van der Waals surface area contributed by atoms with E-state index in [4.69, 9.17) is 11.0 Å². The van der Waals surface area contributed by atoms with Crippen molar-refractivity contribution in [3.63, 3.8) is 0 Å². The molecule has 0 spiro atoms. The summed E-state index contributed by atoms with van der Waals surface area (Å²) in [5.41, 5.74) is 4.83. The number of nitrogens with one attached hydrogen (secondary N) is 1. The summed E-state index contributed by atoms with van der Waals surface area (Å²) in [4.78, 5) is 13.7. The summed E-state index contributed by atoms with van der Waals surface area (Å²) in [6.07, 6.45) is 0.764. The molecule has 0 atom stereocenters. The Bertz CT molecular complexity index is 426. The predicted molar refractivity (Wildman–Crippen MR) is 57.8 cm³/mol. The summed E-state index contributed by atoms with van der Waals surface area (Å²) in [5.74, 6) is 0.440. The summed E-state index contributed by atoms with van der Waals surface area (Å²) in [7, 11) is 0. The second kappa shape index (κ2) is 5.63. The number of nitrogens with two attached hydrogens (primary N) is 1. The van der Waals surface area contributed by atoms with Gasteiger partial charge in [0.15, 0.2) is 0 Å². The van der Waals surface area contributed by atoms with Crippen LogP contribution in [0.25, 0.3) is 0 Å². The third kappa shape index (κ3) is 2.90. The van der Waals surface area contributed by atoms with E-state index in [0.717, 1.165) is 6.42 Å². The van der Waals surface area contributed by atoms with E-state index in [0.29, 0.717) is 18.9 Å². The molecular weight excluding hydrogens is 210 g/mol. The molecule has 0 aliphatic heterocycles. The molecule has 84 valence electrons. The van der Waals surface area contributed by atoms with Gasteiger partial charge >= 0.3 is 5.69 Å². The number of nitrogens with zero attached hydrogens (tertiary/aromatic N) is 3. The van der Waals surface area contributed by atoms with Crippen molar-refractivity contribution in [2.45, 2.75) is 6.42 Å². The Balaban J connectivity index is 2.84. The lowest BCUT2D eigenvalue weighted by Crippen LogP contribution is -2.10. The van der Waals surface area contributed by atoms with Gasteiger partial charge in [-0.15, -0.1) is 0 Å². The summed E-state index contributed by atoms with van der Waals surface area (Å²) in [6, 6.07) is 4.42. The van der Waals surface area contributed by atoms with E-state index in [-0.39, 0.29) is 11.4 Å². The van der Waals surface area contributed by atoms with Gasteiger partial charge in [0.25, 0.3) is 0 Å². The van der Waals surface area contributed by atoms with Gasteiger partial charge in [-0.1, -0.05) is 0 Å². The van der Waals surface area contributed by atoms with Crippen LogP contribution in [0.15, 0.2) is 12.1 Å². The van der Waals surface area contributed by atoms with Gasteiger partial charge in [-0.3, -0.25) is 10.1 Å². The second-order valence-corrected chi connectivity index (χ2v) is 3.00. The van der Waals surface area contributed by atoms with E-state index in [1.807, 2.05) is 0 Å². The zero-order valence-electron chi connectivity index (χ0n) is 8.51. The monoisotopic (exact) mass is 221 g/mol. The molecule has 0 radical (unpaired) electrons. The number of hydrogen-bond acceptors (Lipinski definition) is 6. The normalized spacial score (nSPS) is 9.50. The Labute approximate surface area is 92.0 Å². The van der Waals surface area contributed by atoms with E-state index in [1.165, 1.54) is 12.1 Å². The largest absolute Gasteiger partial charge is 0.370 e. The van der Waals surface area contributed by atoms with Crippen LogP contribution in [-0.2, 0) is 0 Å². The van der Waals surface area contributed by atoms with Crippen LogP contribution in [0.4, 0.5) is 11.5 Å². The van der Waals surface area contributed by atoms with Gasteiger partial charge in [0.1, 0.15) is 11.9 Å². The van der Waals surface area contributed by atoms with Crippen LogP contribution in [0.5, 0.6) is 0 Å². The van der Waals surface area contributed by atoms with Crippen molar-refractivity contribution in [3.05, 3.63) is 27.9 Å². The zero-order chi connectivity index (χ0) is 12.0. The van der Waals surface area contributed by atoms with Gasteiger partial charge in [0.05, 0.1) is 4.92 Å². The first-order valence-corrected chi connectivity index (χ1v) is 4.68. The van der Waals surface area contributed by atoms with Crippen molar-refractivity contribution in [3.8, 4) is 6.07 Å². The van der Waals surface area contributed by atoms with Gasteiger partial charge in [-0.2, -0.15) is 5.26 Å². The molecule has 0 bridgehead atoms. The Morgan fingerprint density at radius 1 is 1.62 bits per heavy atom. The minimum atomic E-state index is -0.630. The first-order chi connectivity index (χ1) is 7.69. The lowest BCUT2D eigenvalue weighted by atomic mass is 10.3. The molecule has 0 unspecified atom stereocenters. The van der Waals surface area contributed by atoms with Crippen LogP contribution >= 0.6 is 0 Å². The van der Waals surface area contributed by atoms with E-state index in [2.05, 4.69) is 10.3 Å². The Hall–Kier alpha value is -2.20. The summed E-state index contributed by atoms with van der Waals surface area (Å²) in [5, 5.41) is 22.2. The van der Waals surface area contributed by atoms with Crippen molar-refractivity contribution in [1.29, 1.82) is 5.26 Å². The van der Waals surface area contributed by atoms with Crippen LogP contribution in [0.3, 0.4) is 0 Å². The SMILES string of the molecule is N#Cc1nc(NCCCN)ccc1[N+](=O)[O-]. The molecule has 7 nitrogen and oxygen atoms in total. The number of rotatable bonds is 5. The standard InChI is InChI=1S/C9H11N5O2/c10-4-1-5-12-9-3-2-8(14(15)16)7(6-11)13-9/h2-3H,1,4-5,10H2,(H,12,13). The second-order valence-electron chi connectivity index (χ2n) is 3.00. The molecule has 0 fully saturated rings. The lowest BCUT2D eigenvalue weighted by Gasteiger charge is -2.04. The summed E-state index contributed by atoms with van der Waals surface area (Å²) in [6.45, 7) is 1.16. The molecule has 1 aromatic heterocycles. The zero-order valence-corrected chi connectivity index (χ0v) is 8.51. The Kier molecular flexibility index (Phi) is 4.17. The highest BCUT2D eigenvalue weighted by molar-refractivity contribution is 5.50. The summed E-state index contributed by atoms with van der Waals surface area (Å²) < 4.78 is 0. The highest BCUT2D eigenvalue weighted by Gasteiger charge is 2.15. The average molecular weight is 221 g/mol. The predicted octanol–water partition coefficient (Wildman–Crippen LogP) is 0.622. The highest BCUT2D eigenvalue weighted by Crippen LogP contribution is 2.17. The molecule has 1 heterocycles. The van der Waals surface area contributed by atoms with Gasteiger partial charge in [0.2, 0.25) is 5.69 Å². The maximum absolute atomic E-state index is 10.5. The minimum Gasteiger partial charge on any atom is -0.370 e. The molecule has 0 saturated carbocycles. The number of nitro groups is 1. The molecule has 0 amide bonds. The van der Waals surface area contributed by atoms with Crippen molar-refractivity contribution >= 4 is 11.5 Å². The van der Waals surface area contributed by atoms with E-state index >= 15 is 0 Å². The van der Waals surface area contributed by atoms with E-state index < -0.39 is 4.92 Å². The number of hydrogen-bond donors (Lipinski definition) is 2. The van der Waals surface area contributed by atoms with Gasteiger partial charge < -0.3 is 11.1 Å². The highest BCUT2D eigenvalue weighted by atomic mass is 16.6. The fourth-order valence-electron chi connectivity index (χ4n) is 1.10. The Morgan fingerprint density at radius 3 is 2.94 bits per heavy atom. The number of aromatic nitrogens is 1. The fourth-order valence-corrected chi connectivity index (χ4v) is 1.10. The van der Waals surface area contributed by atoms with E-state index in [1.54, 1.807) is 6.07 Å². The summed E-state index contributed by atoms with van der Waals surface area (Å²) >= 11 is 0. The average Bonchev–Trinajstić information content (AvgIpc) is 2.29. The third-order valence-corrected chi connectivity index (χ3v) is 1.86. The molecule has 1 rings (SSSR count). The third-order valence-electron chi connectivity index (χ3n) is 1.86. The molecule has 16 heavy (non-hydrogen) atoms. The quantitative estimate of drug-likeness (QED) is 0.427. The van der Waals surface area contributed by atoms with Crippen LogP contribution in [0, 0.1) is 21.4 Å². The maximum Gasteiger partial charge on any atom is 0.305 e. The lowest BCUT2D eigenvalue weighted by molar-refractivity contribution is -0.385. The molecule has 3 N–H and O–H groups in total. The number of nitriles is 1. The van der Waals surface area contributed by atoms with Crippen molar-refractivity contribution < 1.29 is 4.92 Å². The molecule has 0 saturated heterocycles. The van der Waals surface area contributed by atoms with Gasteiger partial charge in [-0.05, 0) is 19.0 Å². The smallest absolute Gasteiger partial charge is 0.305 e. The van der Waals surface area contributed by atoms with Crippen molar-refractivity contribution in [2.24, 2.45) is 5.73 Å². The Morgan fingerprint density at radius 2 is 2.38 bits per heavy atom. The molecular formula is C9H11N5O2. The number of pyridine rings is 1. The topological polar surface area (TPSA) is 118 Å². The first kappa shape index (κ1) is 11.9. The van der Waals surface area contributed by atoms with Gasteiger partial charge in [-0.25, -0.2) is 4.98 Å². The van der Waals surface area contributed by atoms with Crippen LogP contribution in [-0.4, -0.2) is 23.0 Å². The number of anilines is 1. The van der Waals surface area contributed by atoms with Crippen LogP contribution in [0.1, 0.15) is 12.1 Å². The molecule has 7 heteroatoms.